The Hall–Kier alpha value is -3.54. The van der Waals surface area contributed by atoms with E-state index in [1.165, 1.54) is 0 Å². The van der Waals surface area contributed by atoms with Gasteiger partial charge in [0.1, 0.15) is 11.2 Å². The van der Waals surface area contributed by atoms with Crippen molar-refractivity contribution in [2.45, 2.75) is 24.9 Å². The Labute approximate surface area is 162 Å². The summed E-state index contributed by atoms with van der Waals surface area (Å²) in [6.07, 6.45) is 5.19. The number of pyridine rings is 1. The van der Waals surface area contributed by atoms with Crippen LogP contribution in [0.3, 0.4) is 0 Å². The van der Waals surface area contributed by atoms with Gasteiger partial charge in [-0.1, -0.05) is 53.7 Å². The first kappa shape index (κ1) is 16.6. The Kier molecular flexibility index (Phi) is 3.90. The fraction of sp³-hybridized carbons (Fsp3) is 0.182. The van der Waals surface area contributed by atoms with E-state index < -0.39 is 5.54 Å². The van der Waals surface area contributed by atoms with Crippen molar-refractivity contribution < 1.29 is 4.79 Å². The van der Waals surface area contributed by atoms with Crippen molar-refractivity contribution in [3.8, 4) is 11.3 Å². The van der Waals surface area contributed by atoms with Crippen molar-refractivity contribution in [2.24, 2.45) is 0 Å². The van der Waals surface area contributed by atoms with Gasteiger partial charge in [0.05, 0.1) is 11.7 Å². The number of hydrogen-bond donors (Lipinski definition) is 1. The van der Waals surface area contributed by atoms with E-state index in [-0.39, 0.29) is 5.91 Å². The highest BCUT2D eigenvalue weighted by Crippen LogP contribution is 2.43. The molecule has 2 aromatic carbocycles. The SMILES string of the molecule is O=C(NCc1ccccc1)C1(n2cc(-c3cnc4ccccc4c3)nn2)CC1. The molecule has 1 saturated carbocycles. The van der Waals surface area contributed by atoms with Gasteiger partial charge in [-0.2, -0.15) is 0 Å². The average molecular weight is 369 g/mol. The number of carbonyl (C=O) groups excluding carboxylic acids is 1. The van der Waals surface area contributed by atoms with Crippen molar-refractivity contribution in [1.82, 2.24) is 25.3 Å². The standard InChI is InChI=1S/C22H19N5O/c28-21(24-13-16-6-2-1-3-7-16)22(10-11-22)27-15-20(25-26-27)18-12-17-8-4-5-9-19(17)23-14-18/h1-9,12,14-15H,10-11,13H2,(H,24,28). The van der Waals surface area contributed by atoms with E-state index in [2.05, 4.69) is 20.6 Å². The highest BCUT2D eigenvalue weighted by molar-refractivity contribution is 5.87. The molecule has 0 radical (unpaired) electrons. The minimum atomic E-state index is -0.621. The van der Waals surface area contributed by atoms with Gasteiger partial charge >= 0.3 is 0 Å². The van der Waals surface area contributed by atoms with E-state index in [1.54, 1.807) is 10.9 Å². The second kappa shape index (κ2) is 6.56. The number of para-hydroxylation sites is 1. The molecular weight excluding hydrogens is 350 g/mol. The van der Waals surface area contributed by atoms with E-state index >= 15 is 0 Å². The van der Waals surface area contributed by atoms with Gasteiger partial charge in [0.25, 0.3) is 0 Å². The lowest BCUT2D eigenvalue weighted by molar-refractivity contribution is -0.126. The number of amides is 1. The smallest absolute Gasteiger partial charge is 0.248 e. The molecule has 6 nitrogen and oxygen atoms in total. The molecule has 1 amide bonds. The summed E-state index contributed by atoms with van der Waals surface area (Å²) in [5.41, 5.74) is 3.02. The second-order valence-electron chi connectivity index (χ2n) is 7.16. The quantitative estimate of drug-likeness (QED) is 0.586. The van der Waals surface area contributed by atoms with E-state index in [1.807, 2.05) is 66.9 Å². The molecule has 1 fully saturated rings. The van der Waals surface area contributed by atoms with Gasteiger partial charge in [-0.05, 0) is 30.5 Å². The van der Waals surface area contributed by atoms with Gasteiger partial charge in [0.2, 0.25) is 5.91 Å². The van der Waals surface area contributed by atoms with Crippen LogP contribution in [-0.2, 0) is 16.9 Å². The third kappa shape index (κ3) is 2.93. The Bertz CT molecular complexity index is 1150. The Morgan fingerprint density at radius 3 is 2.68 bits per heavy atom. The zero-order valence-electron chi connectivity index (χ0n) is 15.2. The summed E-state index contributed by atoms with van der Waals surface area (Å²) < 4.78 is 1.71. The maximum Gasteiger partial charge on any atom is 0.248 e. The van der Waals surface area contributed by atoms with Crippen LogP contribution in [0.2, 0.25) is 0 Å². The molecule has 0 bridgehead atoms. The van der Waals surface area contributed by atoms with Crippen LogP contribution in [0.5, 0.6) is 0 Å². The van der Waals surface area contributed by atoms with Crippen LogP contribution < -0.4 is 5.32 Å². The molecular formula is C22H19N5O. The summed E-state index contributed by atoms with van der Waals surface area (Å²) in [5, 5.41) is 12.6. The molecule has 6 heteroatoms. The molecule has 0 unspecified atom stereocenters. The number of benzene rings is 2. The second-order valence-corrected chi connectivity index (χ2v) is 7.16. The maximum atomic E-state index is 12.8. The number of rotatable bonds is 5. The number of nitrogens with one attached hydrogen (secondary N) is 1. The monoisotopic (exact) mass is 369 g/mol. The van der Waals surface area contributed by atoms with Gasteiger partial charge in [-0.25, -0.2) is 4.68 Å². The van der Waals surface area contributed by atoms with Crippen LogP contribution in [0.4, 0.5) is 0 Å². The lowest BCUT2D eigenvalue weighted by Crippen LogP contribution is -2.38. The molecule has 1 aliphatic rings. The van der Waals surface area contributed by atoms with Gasteiger partial charge in [0, 0.05) is 23.7 Å². The summed E-state index contributed by atoms with van der Waals surface area (Å²) >= 11 is 0. The summed E-state index contributed by atoms with van der Waals surface area (Å²) in [6.45, 7) is 0.511. The topological polar surface area (TPSA) is 72.7 Å². The molecule has 0 aliphatic heterocycles. The van der Waals surface area contributed by atoms with Gasteiger partial charge < -0.3 is 5.32 Å². The molecule has 2 aromatic heterocycles. The van der Waals surface area contributed by atoms with E-state index in [0.717, 1.165) is 40.6 Å². The van der Waals surface area contributed by atoms with Gasteiger partial charge in [-0.3, -0.25) is 9.78 Å². The van der Waals surface area contributed by atoms with E-state index in [0.29, 0.717) is 6.54 Å². The minimum absolute atomic E-state index is 0.00978. The molecule has 2 heterocycles. The zero-order chi connectivity index (χ0) is 19.0. The predicted molar refractivity (Wildman–Crippen MR) is 106 cm³/mol. The van der Waals surface area contributed by atoms with Crippen molar-refractivity contribution in [2.75, 3.05) is 0 Å². The van der Waals surface area contributed by atoms with E-state index in [4.69, 9.17) is 0 Å². The molecule has 28 heavy (non-hydrogen) atoms. The summed E-state index contributed by atoms with van der Waals surface area (Å²) in [5.74, 6) is -0.00978. The van der Waals surface area contributed by atoms with Gasteiger partial charge in [-0.15, -0.1) is 5.10 Å². The normalized spacial score (nSPS) is 14.7. The molecule has 1 N–H and O–H groups in total. The lowest BCUT2D eigenvalue weighted by Gasteiger charge is -2.15. The first-order valence-corrected chi connectivity index (χ1v) is 9.35. The minimum Gasteiger partial charge on any atom is -0.350 e. The fourth-order valence-electron chi connectivity index (χ4n) is 3.44. The number of carbonyl (C=O) groups is 1. The van der Waals surface area contributed by atoms with Crippen molar-refractivity contribution in [3.63, 3.8) is 0 Å². The predicted octanol–water partition coefficient (Wildman–Crippen LogP) is 3.30. The zero-order valence-corrected chi connectivity index (χ0v) is 15.2. The third-order valence-corrected chi connectivity index (χ3v) is 5.26. The van der Waals surface area contributed by atoms with Crippen molar-refractivity contribution in [3.05, 3.63) is 78.6 Å². The average Bonchev–Trinajstić information content (AvgIpc) is 3.42. The molecule has 138 valence electrons. The highest BCUT2D eigenvalue weighted by atomic mass is 16.2. The number of aromatic nitrogens is 4. The third-order valence-electron chi connectivity index (χ3n) is 5.26. The Morgan fingerprint density at radius 2 is 1.86 bits per heavy atom. The van der Waals surface area contributed by atoms with Crippen LogP contribution in [0.25, 0.3) is 22.2 Å². The lowest BCUT2D eigenvalue weighted by atomic mass is 10.1. The number of hydrogen-bond acceptors (Lipinski definition) is 4. The number of nitrogens with zero attached hydrogens (tertiary/aromatic N) is 4. The first-order chi connectivity index (χ1) is 13.7. The van der Waals surface area contributed by atoms with Crippen LogP contribution in [0.1, 0.15) is 18.4 Å². The van der Waals surface area contributed by atoms with Crippen molar-refractivity contribution in [1.29, 1.82) is 0 Å². The van der Waals surface area contributed by atoms with Gasteiger partial charge in [0.15, 0.2) is 0 Å². The molecule has 0 atom stereocenters. The molecule has 1 aliphatic carbocycles. The summed E-state index contributed by atoms with van der Waals surface area (Å²) in [4.78, 5) is 17.3. The summed E-state index contributed by atoms with van der Waals surface area (Å²) in [6, 6.07) is 19.9. The maximum absolute atomic E-state index is 12.8. The Balaban J connectivity index is 1.36. The Morgan fingerprint density at radius 1 is 1.07 bits per heavy atom. The van der Waals surface area contributed by atoms with Crippen LogP contribution in [-0.4, -0.2) is 25.9 Å². The molecule has 0 spiro atoms. The van der Waals surface area contributed by atoms with E-state index in [9.17, 15) is 4.79 Å². The summed E-state index contributed by atoms with van der Waals surface area (Å²) in [7, 11) is 0. The van der Waals surface area contributed by atoms with Crippen LogP contribution in [0.15, 0.2) is 73.1 Å². The molecule has 5 rings (SSSR count). The fourth-order valence-corrected chi connectivity index (χ4v) is 3.44. The number of fused-ring (bicyclic) bond motifs is 1. The first-order valence-electron chi connectivity index (χ1n) is 9.35. The molecule has 4 aromatic rings. The van der Waals surface area contributed by atoms with Crippen molar-refractivity contribution >= 4 is 16.8 Å². The largest absolute Gasteiger partial charge is 0.350 e. The van der Waals surface area contributed by atoms with Crippen LogP contribution >= 0.6 is 0 Å². The van der Waals surface area contributed by atoms with Crippen LogP contribution in [0, 0.1) is 0 Å². The molecule has 0 saturated heterocycles. The highest BCUT2D eigenvalue weighted by Gasteiger charge is 2.53.